The zero-order valence-electron chi connectivity index (χ0n) is 12.2. The predicted molar refractivity (Wildman–Crippen MR) is 77.2 cm³/mol. The molecule has 1 fully saturated rings. The Bertz CT molecular complexity index is 391. The second-order valence-corrected chi connectivity index (χ2v) is 5.57. The van der Waals surface area contributed by atoms with E-state index in [0.29, 0.717) is 11.9 Å². The Kier molecular flexibility index (Phi) is 4.77. The van der Waals surface area contributed by atoms with Crippen molar-refractivity contribution in [1.82, 2.24) is 9.88 Å². The van der Waals surface area contributed by atoms with Crippen molar-refractivity contribution in [2.75, 3.05) is 13.7 Å². The Labute approximate surface area is 116 Å². The Hall–Kier alpha value is -1.13. The zero-order chi connectivity index (χ0) is 13.8. The van der Waals surface area contributed by atoms with Crippen LogP contribution in [-0.2, 0) is 0 Å². The summed E-state index contributed by atoms with van der Waals surface area (Å²) in [5.74, 6) is 0.655. The van der Waals surface area contributed by atoms with E-state index in [9.17, 15) is 0 Å². The third-order valence-electron chi connectivity index (χ3n) is 3.94. The van der Waals surface area contributed by atoms with Gasteiger partial charge in [-0.15, -0.1) is 0 Å². The highest BCUT2D eigenvalue weighted by molar-refractivity contribution is 5.22. The molecule has 0 bridgehead atoms. The lowest BCUT2D eigenvalue weighted by molar-refractivity contribution is 0.143. The van der Waals surface area contributed by atoms with Crippen LogP contribution in [0.5, 0.6) is 5.88 Å². The van der Waals surface area contributed by atoms with E-state index in [4.69, 9.17) is 10.5 Å². The highest BCUT2D eigenvalue weighted by Crippen LogP contribution is 2.31. The van der Waals surface area contributed by atoms with Crippen molar-refractivity contribution in [3.05, 3.63) is 23.9 Å². The Morgan fingerprint density at radius 1 is 1.37 bits per heavy atom. The lowest BCUT2D eigenvalue weighted by Gasteiger charge is -2.36. The van der Waals surface area contributed by atoms with E-state index in [1.165, 1.54) is 18.4 Å². The van der Waals surface area contributed by atoms with Crippen LogP contribution >= 0.6 is 0 Å². The summed E-state index contributed by atoms with van der Waals surface area (Å²) in [6.45, 7) is 5.59. The average Bonchev–Trinajstić information content (AvgIpc) is 2.61. The molecule has 0 radical (unpaired) electrons. The molecule has 19 heavy (non-hydrogen) atoms. The quantitative estimate of drug-likeness (QED) is 0.909. The van der Waals surface area contributed by atoms with E-state index < -0.39 is 0 Å². The fraction of sp³-hybridized carbons (Fsp3) is 0.667. The van der Waals surface area contributed by atoms with E-state index in [1.54, 1.807) is 7.11 Å². The van der Waals surface area contributed by atoms with Gasteiger partial charge in [0.2, 0.25) is 5.88 Å². The van der Waals surface area contributed by atoms with E-state index in [1.807, 2.05) is 12.3 Å². The minimum absolute atomic E-state index is 0.181. The summed E-state index contributed by atoms with van der Waals surface area (Å²) < 4.78 is 5.13. The summed E-state index contributed by atoms with van der Waals surface area (Å²) >= 11 is 0. The third kappa shape index (κ3) is 3.25. The lowest BCUT2D eigenvalue weighted by Crippen LogP contribution is -2.43. The van der Waals surface area contributed by atoms with Gasteiger partial charge in [-0.25, -0.2) is 4.98 Å². The molecule has 2 rings (SSSR count). The summed E-state index contributed by atoms with van der Waals surface area (Å²) in [7, 11) is 1.64. The monoisotopic (exact) mass is 263 g/mol. The Morgan fingerprint density at radius 3 is 2.74 bits per heavy atom. The third-order valence-corrected chi connectivity index (χ3v) is 3.94. The molecule has 0 saturated carbocycles. The zero-order valence-corrected chi connectivity index (χ0v) is 12.2. The molecule has 4 heteroatoms. The second-order valence-electron chi connectivity index (χ2n) is 5.57. The smallest absolute Gasteiger partial charge is 0.212 e. The van der Waals surface area contributed by atoms with Gasteiger partial charge in [-0.3, -0.25) is 4.90 Å². The highest BCUT2D eigenvalue weighted by atomic mass is 16.5. The highest BCUT2D eigenvalue weighted by Gasteiger charge is 2.30. The van der Waals surface area contributed by atoms with Crippen molar-refractivity contribution < 1.29 is 4.74 Å². The van der Waals surface area contributed by atoms with Crippen molar-refractivity contribution in [2.24, 2.45) is 5.73 Å². The van der Waals surface area contributed by atoms with Gasteiger partial charge in [0.15, 0.2) is 0 Å². The van der Waals surface area contributed by atoms with Crippen molar-refractivity contribution in [3.63, 3.8) is 0 Å². The van der Waals surface area contributed by atoms with Crippen LogP contribution in [0.15, 0.2) is 18.3 Å². The van der Waals surface area contributed by atoms with Crippen LogP contribution in [0.4, 0.5) is 0 Å². The number of aromatic nitrogens is 1. The van der Waals surface area contributed by atoms with Gasteiger partial charge >= 0.3 is 0 Å². The van der Waals surface area contributed by atoms with Gasteiger partial charge in [0, 0.05) is 24.3 Å². The van der Waals surface area contributed by atoms with E-state index in [2.05, 4.69) is 29.8 Å². The summed E-state index contributed by atoms with van der Waals surface area (Å²) in [4.78, 5) is 6.83. The van der Waals surface area contributed by atoms with Crippen molar-refractivity contribution in [3.8, 4) is 5.88 Å². The van der Waals surface area contributed by atoms with Gasteiger partial charge in [-0.05, 0) is 38.8 Å². The lowest BCUT2D eigenvalue weighted by atomic mass is 9.97. The Morgan fingerprint density at radius 2 is 2.16 bits per heavy atom. The number of pyridine rings is 1. The molecule has 2 atom stereocenters. The number of hydrogen-bond acceptors (Lipinski definition) is 4. The van der Waals surface area contributed by atoms with Crippen molar-refractivity contribution >= 4 is 0 Å². The van der Waals surface area contributed by atoms with Gasteiger partial charge in [-0.2, -0.15) is 0 Å². The van der Waals surface area contributed by atoms with Gasteiger partial charge in [0.25, 0.3) is 0 Å². The van der Waals surface area contributed by atoms with Crippen LogP contribution in [0.25, 0.3) is 0 Å². The van der Waals surface area contributed by atoms with Gasteiger partial charge in [-0.1, -0.05) is 12.5 Å². The first kappa shape index (κ1) is 14.3. The molecule has 0 aromatic carbocycles. The van der Waals surface area contributed by atoms with Crippen LogP contribution in [0.2, 0.25) is 0 Å². The second kappa shape index (κ2) is 6.35. The van der Waals surface area contributed by atoms with Gasteiger partial charge in [0.1, 0.15) is 0 Å². The molecular weight excluding hydrogens is 238 g/mol. The van der Waals surface area contributed by atoms with E-state index in [0.717, 1.165) is 13.0 Å². The molecule has 106 valence electrons. The number of nitrogens with zero attached hydrogens (tertiary/aromatic N) is 2. The number of nitrogens with two attached hydrogens (primary N) is 1. The van der Waals surface area contributed by atoms with E-state index >= 15 is 0 Å². The molecule has 1 aliphatic heterocycles. The van der Waals surface area contributed by atoms with E-state index in [-0.39, 0.29) is 12.1 Å². The first-order valence-electron chi connectivity index (χ1n) is 7.14. The van der Waals surface area contributed by atoms with Crippen LogP contribution < -0.4 is 10.5 Å². The van der Waals surface area contributed by atoms with Crippen molar-refractivity contribution in [2.45, 2.75) is 51.2 Å². The maximum Gasteiger partial charge on any atom is 0.212 e. The number of rotatable bonds is 3. The normalized spacial score (nSPS) is 25.3. The first-order chi connectivity index (χ1) is 9.13. The van der Waals surface area contributed by atoms with Crippen LogP contribution in [0, 0.1) is 0 Å². The molecule has 2 unspecified atom stereocenters. The fourth-order valence-corrected chi connectivity index (χ4v) is 2.92. The molecule has 4 nitrogen and oxygen atoms in total. The topological polar surface area (TPSA) is 51.4 Å². The van der Waals surface area contributed by atoms with Crippen LogP contribution in [0.1, 0.15) is 44.7 Å². The largest absolute Gasteiger partial charge is 0.481 e. The molecule has 0 spiro atoms. The molecule has 2 N–H and O–H groups in total. The van der Waals surface area contributed by atoms with Crippen LogP contribution in [-0.4, -0.2) is 35.6 Å². The minimum atomic E-state index is 0.181. The molecular formula is C15H25N3O. The molecule has 1 saturated heterocycles. The summed E-state index contributed by atoms with van der Waals surface area (Å²) in [5, 5.41) is 0. The molecule has 1 aliphatic rings. The maximum absolute atomic E-state index is 6.41. The predicted octanol–water partition coefficient (Wildman–Crippen LogP) is 2.35. The Balaban J connectivity index is 2.28. The number of methoxy groups -OCH3 is 1. The SMILES string of the molecule is COc1ccc(C2C(N)CCCCN2C(C)C)cn1. The summed E-state index contributed by atoms with van der Waals surface area (Å²) in [6, 6.07) is 4.96. The standard InChI is InChI=1S/C15H25N3O/c1-11(2)18-9-5-4-6-13(16)15(18)12-7-8-14(19-3)17-10-12/h7-8,10-11,13,15H,4-6,9,16H2,1-3H3. The summed E-state index contributed by atoms with van der Waals surface area (Å²) in [6.07, 6.45) is 5.43. The molecule has 0 amide bonds. The summed E-state index contributed by atoms with van der Waals surface area (Å²) in [5.41, 5.74) is 7.61. The fourth-order valence-electron chi connectivity index (χ4n) is 2.92. The van der Waals surface area contributed by atoms with Gasteiger partial charge < -0.3 is 10.5 Å². The first-order valence-corrected chi connectivity index (χ1v) is 7.14. The average molecular weight is 263 g/mol. The molecule has 1 aromatic rings. The minimum Gasteiger partial charge on any atom is -0.481 e. The van der Waals surface area contributed by atoms with Crippen molar-refractivity contribution in [1.29, 1.82) is 0 Å². The molecule has 0 aliphatic carbocycles. The number of hydrogen-bond donors (Lipinski definition) is 1. The molecule has 1 aromatic heterocycles. The maximum atomic E-state index is 6.41. The van der Waals surface area contributed by atoms with Gasteiger partial charge in [0.05, 0.1) is 13.2 Å². The van der Waals surface area contributed by atoms with Crippen LogP contribution in [0.3, 0.4) is 0 Å². The number of likely N-dealkylation sites (tertiary alicyclic amines) is 1. The molecule has 2 heterocycles. The number of ether oxygens (including phenoxy) is 1.